The first-order valence-corrected chi connectivity index (χ1v) is 5.51. The van der Waals surface area contributed by atoms with Gasteiger partial charge in [-0.3, -0.25) is 0 Å². The van der Waals surface area contributed by atoms with Crippen LogP contribution in [0.2, 0.25) is 0 Å². The molecular weight excluding hydrogens is 209 g/mol. The number of nitrogen functional groups attached to an aromatic ring is 1. The molecule has 0 amide bonds. The van der Waals surface area contributed by atoms with Crippen molar-refractivity contribution in [1.82, 2.24) is 0 Å². The highest BCUT2D eigenvalue weighted by molar-refractivity contribution is 5.52. The van der Waals surface area contributed by atoms with Crippen LogP contribution in [-0.4, -0.2) is 11.2 Å². The molecule has 1 aliphatic rings. The Hall–Kier alpha value is -1.45. The largest absolute Gasteiger partial charge is 0.504 e. The van der Waals surface area contributed by atoms with Crippen molar-refractivity contribution in [3.05, 3.63) is 17.9 Å². The van der Waals surface area contributed by atoms with E-state index in [0.29, 0.717) is 5.92 Å². The monoisotopic (exact) mass is 225 g/mol. The number of ether oxygens (including phenoxy) is 1. The number of rotatable bonds is 2. The summed E-state index contributed by atoms with van der Waals surface area (Å²) in [6.07, 6.45) is 2.90. The van der Waals surface area contributed by atoms with E-state index in [4.69, 9.17) is 10.5 Å². The molecule has 1 aromatic rings. The summed E-state index contributed by atoms with van der Waals surface area (Å²) in [7, 11) is 0. The third-order valence-corrected chi connectivity index (χ3v) is 2.98. The van der Waals surface area contributed by atoms with Gasteiger partial charge in [0.1, 0.15) is 0 Å². The van der Waals surface area contributed by atoms with Crippen molar-refractivity contribution in [1.29, 1.82) is 0 Å². The molecule has 4 heteroatoms. The van der Waals surface area contributed by atoms with Crippen LogP contribution in [0.25, 0.3) is 0 Å². The molecule has 16 heavy (non-hydrogen) atoms. The third-order valence-electron chi connectivity index (χ3n) is 2.98. The summed E-state index contributed by atoms with van der Waals surface area (Å²) in [6, 6.07) is 2.46. The minimum atomic E-state index is -0.600. The molecule has 1 saturated carbocycles. The van der Waals surface area contributed by atoms with Crippen molar-refractivity contribution < 1.29 is 14.2 Å². The van der Waals surface area contributed by atoms with Crippen molar-refractivity contribution in [2.45, 2.75) is 32.3 Å². The summed E-state index contributed by atoms with van der Waals surface area (Å²) < 4.78 is 19.0. The maximum absolute atomic E-state index is 13.5. The molecule has 2 atom stereocenters. The number of anilines is 1. The van der Waals surface area contributed by atoms with E-state index in [-0.39, 0.29) is 23.3 Å². The van der Waals surface area contributed by atoms with Gasteiger partial charge in [0, 0.05) is 17.8 Å². The predicted octanol–water partition coefficient (Wildman–Crippen LogP) is 2.68. The topological polar surface area (TPSA) is 55.5 Å². The van der Waals surface area contributed by atoms with Crippen molar-refractivity contribution in [3.63, 3.8) is 0 Å². The van der Waals surface area contributed by atoms with Crippen molar-refractivity contribution in [2.24, 2.45) is 5.92 Å². The zero-order chi connectivity index (χ0) is 11.7. The maximum atomic E-state index is 13.5. The van der Waals surface area contributed by atoms with Crippen LogP contribution in [0.15, 0.2) is 12.1 Å². The fourth-order valence-corrected chi connectivity index (χ4v) is 2.14. The zero-order valence-corrected chi connectivity index (χ0v) is 9.24. The Bertz CT molecular complexity index is 372. The van der Waals surface area contributed by atoms with Gasteiger partial charge in [0.2, 0.25) is 0 Å². The SMILES string of the molecule is CC1CCC(Oc2c(O)cc(N)cc2F)C1. The van der Waals surface area contributed by atoms with Crippen LogP contribution in [0.5, 0.6) is 11.5 Å². The number of benzene rings is 1. The first-order chi connectivity index (χ1) is 7.56. The number of phenolic OH excluding ortho intramolecular Hbond substituents is 1. The number of aromatic hydroxyl groups is 1. The Morgan fingerprint density at radius 3 is 2.75 bits per heavy atom. The van der Waals surface area contributed by atoms with E-state index in [9.17, 15) is 9.50 Å². The Kier molecular flexibility index (Phi) is 2.90. The van der Waals surface area contributed by atoms with Crippen LogP contribution >= 0.6 is 0 Å². The first-order valence-electron chi connectivity index (χ1n) is 5.51. The van der Waals surface area contributed by atoms with Gasteiger partial charge in [0.25, 0.3) is 0 Å². The van der Waals surface area contributed by atoms with Crippen LogP contribution in [0.4, 0.5) is 10.1 Å². The standard InChI is InChI=1S/C12H16FNO2/c1-7-2-3-9(4-7)16-12-10(13)5-8(14)6-11(12)15/h5-7,9,15H,2-4,14H2,1H3. The van der Waals surface area contributed by atoms with Crippen molar-refractivity contribution in [3.8, 4) is 11.5 Å². The van der Waals surface area contributed by atoms with Gasteiger partial charge in [-0.15, -0.1) is 0 Å². The van der Waals surface area contributed by atoms with E-state index >= 15 is 0 Å². The summed E-state index contributed by atoms with van der Waals surface area (Å²) in [5.41, 5.74) is 5.60. The molecule has 1 aromatic carbocycles. The molecule has 1 fully saturated rings. The number of hydrogen-bond donors (Lipinski definition) is 2. The zero-order valence-electron chi connectivity index (χ0n) is 9.24. The number of nitrogens with two attached hydrogens (primary N) is 1. The van der Waals surface area contributed by atoms with Crippen LogP contribution in [0, 0.1) is 11.7 Å². The van der Waals surface area contributed by atoms with Crippen LogP contribution in [-0.2, 0) is 0 Å². The lowest BCUT2D eigenvalue weighted by molar-refractivity contribution is 0.188. The highest BCUT2D eigenvalue weighted by Crippen LogP contribution is 2.36. The van der Waals surface area contributed by atoms with Gasteiger partial charge in [0.15, 0.2) is 17.3 Å². The lowest BCUT2D eigenvalue weighted by Gasteiger charge is -2.15. The van der Waals surface area contributed by atoms with Gasteiger partial charge in [-0.1, -0.05) is 6.92 Å². The molecule has 0 aliphatic heterocycles. The predicted molar refractivity (Wildman–Crippen MR) is 59.9 cm³/mol. The van der Waals surface area contributed by atoms with Crippen LogP contribution in [0.3, 0.4) is 0 Å². The summed E-state index contributed by atoms with van der Waals surface area (Å²) in [6.45, 7) is 2.14. The Balaban J connectivity index is 2.15. The van der Waals surface area contributed by atoms with E-state index in [2.05, 4.69) is 6.92 Å². The molecule has 88 valence electrons. The highest BCUT2D eigenvalue weighted by atomic mass is 19.1. The second-order valence-corrected chi connectivity index (χ2v) is 4.51. The first kappa shape index (κ1) is 11.0. The molecule has 3 N–H and O–H groups in total. The molecule has 0 spiro atoms. The molecule has 0 saturated heterocycles. The minimum absolute atomic E-state index is 0.000903. The fourth-order valence-electron chi connectivity index (χ4n) is 2.14. The lowest BCUT2D eigenvalue weighted by Crippen LogP contribution is -2.13. The molecule has 2 unspecified atom stereocenters. The van der Waals surface area contributed by atoms with Crippen molar-refractivity contribution >= 4 is 5.69 Å². The molecule has 0 heterocycles. The van der Waals surface area contributed by atoms with Crippen molar-refractivity contribution in [2.75, 3.05) is 5.73 Å². The molecular formula is C12H16FNO2. The van der Waals surface area contributed by atoms with E-state index in [1.54, 1.807) is 0 Å². The molecule has 2 rings (SSSR count). The van der Waals surface area contributed by atoms with E-state index < -0.39 is 5.82 Å². The molecule has 0 radical (unpaired) electrons. The third kappa shape index (κ3) is 2.21. The molecule has 3 nitrogen and oxygen atoms in total. The van der Waals surface area contributed by atoms with Gasteiger partial charge in [0.05, 0.1) is 6.10 Å². The van der Waals surface area contributed by atoms with Gasteiger partial charge in [-0.25, -0.2) is 4.39 Å². The number of halogens is 1. The van der Waals surface area contributed by atoms with Crippen LogP contribution < -0.4 is 10.5 Å². The normalized spacial score (nSPS) is 24.6. The summed E-state index contributed by atoms with van der Waals surface area (Å²) in [5.74, 6) is -0.300. The van der Waals surface area contributed by atoms with Crippen LogP contribution in [0.1, 0.15) is 26.2 Å². The van der Waals surface area contributed by atoms with Gasteiger partial charge >= 0.3 is 0 Å². The number of phenols is 1. The summed E-state index contributed by atoms with van der Waals surface area (Å²) in [4.78, 5) is 0. The van der Waals surface area contributed by atoms with E-state index in [0.717, 1.165) is 25.3 Å². The fraction of sp³-hybridized carbons (Fsp3) is 0.500. The maximum Gasteiger partial charge on any atom is 0.197 e. The second kappa shape index (κ2) is 4.20. The average molecular weight is 225 g/mol. The Labute approximate surface area is 94.0 Å². The van der Waals surface area contributed by atoms with E-state index in [1.165, 1.54) is 6.07 Å². The molecule has 0 bridgehead atoms. The van der Waals surface area contributed by atoms with Gasteiger partial charge in [-0.05, 0) is 25.2 Å². The second-order valence-electron chi connectivity index (χ2n) is 4.51. The van der Waals surface area contributed by atoms with E-state index in [1.807, 2.05) is 0 Å². The van der Waals surface area contributed by atoms with Gasteiger partial charge < -0.3 is 15.6 Å². The lowest BCUT2D eigenvalue weighted by atomic mass is 10.1. The number of hydrogen-bond acceptors (Lipinski definition) is 3. The summed E-state index contributed by atoms with van der Waals surface area (Å²) >= 11 is 0. The average Bonchev–Trinajstić information content (AvgIpc) is 2.58. The van der Waals surface area contributed by atoms with Gasteiger partial charge in [-0.2, -0.15) is 0 Å². The Morgan fingerprint density at radius 2 is 2.19 bits per heavy atom. The summed E-state index contributed by atoms with van der Waals surface area (Å²) in [5, 5.41) is 9.55. The quantitative estimate of drug-likeness (QED) is 0.761. The minimum Gasteiger partial charge on any atom is -0.504 e. The Morgan fingerprint density at radius 1 is 1.44 bits per heavy atom. The molecule has 1 aliphatic carbocycles. The smallest absolute Gasteiger partial charge is 0.197 e. The molecule has 0 aromatic heterocycles. The highest BCUT2D eigenvalue weighted by Gasteiger charge is 2.25.